The third kappa shape index (κ3) is 3.35. The highest BCUT2D eigenvalue weighted by Crippen LogP contribution is 2.44. The Morgan fingerprint density at radius 2 is 1.92 bits per heavy atom. The Hall–Kier alpha value is -1.59. The normalized spacial score (nSPS) is 24.9. The van der Waals surface area contributed by atoms with Crippen LogP contribution in [0.1, 0.15) is 41.7 Å². The molecule has 1 aliphatic heterocycles. The van der Waals surface area contributed by atoms with Gasteiger partial charge in [-0.1, -0.05) is 6.92 Å². The van der Waals surface area contributed by atoms with Crippen LogP contribution in [0.15, 0.2) is 6.07 Å². The molecular formula is C21H32N2O3. The molecule has 5 nitrogen and oxygen atoms in total. The third-order valence-corrected chi connectivity index (χ3v) is 6.42. The van der Waals surface area contributed by atoms with Gasteiger partial charge in [0, 0.05) is 38.0 Å². The lowest BCUT2D eigenvalue weighted by atomic mass is 9.72. The van der Waals surface area contributed by atoms with Crippen LogP contribution in [0.5, 0.6) is 5.75 Å². The van der Waals surface area contributed by atoms with Crippen LogP contribution < -0.4 is 4.74 Å². The molecule has 1 N–H and O–H groups in total. The second-order valence-corrected chi connectivity index (χ2v) is 7.98. The molecule has 0 aromatic heterocycles. The lowest BCUT2D eigenvalue weighted by Crippen LogP contribution is -2.50. The maximum absolute atomic E-state index is 13.0. The zero-order valence-electron chi connectivity index (χ0n) is 16.7. The van der Waals surface area contributed by atoms with E-state index in [1.54, 1.807) is 7.11 Å². The third-order valence-electron chi connectivity index (χ3n) is 6.42. The van der Waals surface area contributed by atoms with Crippen LogP contribution in [0.4, 0.5) is 0 Å². The molecule has 26 heavy (non-hydrogen) atoms. The zero-order valence-corrected chi connectivity index (χ0v) is 16.7. The number of methoxy groups -OCH3 is 1. The predicted octanol–water partition coefficient (Wildman–Crippen LogP) is 2.32. The summed E-state index contributed by atoms with van der Waals surface area (Å²) in [7, 11) is 3.76. The average molecular weight is 360 g/mol. The molecule has 0 radical (unpaired) electrons. The number of carbonyl (C=O) groups excluding carboxylic acids is 1. The van der Waals surface area contributed by atoms with Crippen molar-refractivity contribution in [1.82, 2.24) is 9.80 Å². The maximum Gasteiger partial charge on any atom is 0.225 e. The number of likely N-dealkylation sites (N-methyl/N-ethyl adjacent to an activating group) is 1. The molecule has 1 aliphatic carbocycles. The fraction of sp³-hybridized carbons (Fsp3) is 0.667. The van der Waals surface area contributed by atoms with E-state index in [-0.39, 0.29) is 17.7 Å². The van der Waals surface area contributed by atoms with E-state index < -0.39 is 6.10 Å². The summed E-state index contributed by atoms with van der Waals surface area (Å²) in [5, 5.41) is 11.2. The van der Waals surface area contributed by atoms with Gasteiger partial charge < -0.3 is 19.6 Å². The minimum atomic E-state index is -0.612. The molecule has 3 unspecified atom stereocenters. The second-order valence-electron chi connectivity index (χ2n) is 7.98. The number of benzene rings is 1. The van der Waals surface area contributed by atoms with Crippen LogP contribution in [-0.2, 0) is 11.2 Å². The van der Waals surface area contributed by atoms with Gasteiger partial charge in [0.05, 0.1) is 13.2 Å². The lowest BCUT2D eigenvalue weighted by molar-refractivity contribution is -0.140. The molecule has 1 aromatic carbocycles. The highest BCUT2D eigenvalue weighted by atomic mass is 16.5. The number of hydrogen-bond acceptors (Lipinski definition) is 4. The summed E-state index contributed by atoms with van der Waals surface area (Å²) < 4.78 is 5.50. The Morgan fingerprint density at radius 1 is 1.27 bits per heavy atom. The van der Waals surface area contributed by atoms with Gasteiger partial charge in [-0.3, -0.25) is 4.79 Å². The van der Waals surface area contributed by atoms with Crippen LogP contribution in [0.2, 0.25) is 0 Å². The molecule has 3 rings (SSSR count). The molecule has 3 atom stereocenters. The smallest absolute Gasteiger partial charge is 0.225 e. The average Bonchev–Trinajstić information content (AvgIpc) is 2.64. The Balaban J connectivity index is 1.83. The molecule has 5 heteroatoms. The fourth-order valence-corrected chi connectivity index (χ4v) is 4.61. The van der Waals surface area contributed by atoms with E-state index in [9.17, 15) is 9.90 Å². The van der Waals surface area contributed by atoms with Gasteiger partial charge in [-0.2, -0.15) is 0 Å². The number of rotatable bonds is 3. The SMILES string of the molecule is COc1cc(C)c2c(c1C)C(O)C(C(C)C(=O)N1CCN(C)CC1)CC2. The van der Waals surface area contributed by atoms with Crippen molar-refractivity contribution in [2.24, 2.45) is 11.8 Å². The molecule has 1 amide bonds. The van der Waals surface area contributed by atoms with Crippen molar-refractivity contribution in [2.45, 2.75) is 39.7 Å². The summed E-state index contributed by atoms with van der Waals surface area (Å²) in [6, 6.07) is 2.06. The first-order valence-electron chi connectivity index (χ1n) is 9.67. The van der Waals surface area contributed by atoms with Crippen molar-refractivity contribution >= 4 is 5.91 Å². The monoisotopic (exact) mass is 360 g/mol. The Bertz CT molecular complexity index is 680. The minimum absolute atomic E-state index is 0.0418. The number of fused-ring (bicyclic) bond motifs is 1. The number of carbonyl (C=O) groups is 1. The number of hydrogen-bond donors (Lipinski definition) is 1. The number of aliphatic hydroxyl groups excluding tert-OH is 1. The van der Waals surface area contributed by atoms with Crippen LogP contribution in [0, 0.1) is 25.7 Å². The molecule has 0 spiro atoms. The van der Waals surface area contributed by atoms with E-state index >= 15 is 0 Å². The van der Waals surface area contributed by atoms with Gasteiger partial charge in [0.15, 0.2) is 0 Å². The molecular weight excluding hydrogens is 328 g/mol. The van der Waals surface area contributed by atoms with Crippen LogP contribution in [-0.4, -0.2) is 61.2 Å². The largest absolute Gasteiger partial charge is 0.496 e. The maximum atomic E-state index is 13.0. The van der Waals surface area contributed by atoms with Crippen molar-refractivity contribution in [3.63, 3.8) is 0 Å². The second kappa shape index (κ2) is 7.57. The lowest BCUT2D eigenvalue weighted by Gasteiger charge is -2.39. The van der Waals surface area contributed by atoms with Gasteiger partial charge in [-0.05, 0) is 62.1 Å². The number of ether oxygens (including phenoxy) is 1. The van der Waals surface area contributed by atoms with Crippen LogP contribution >= 0.6 is 0 Å². The van der Waals surface area contributed by atoms with Gasteiger partial charge in [0.25, 0.3) is 0 Å². The topological polar surface area (TPSA) is 53.0 Å². The fourth-order valence-electron chi connectivity index (χ4n) is 4.61. The standard InChI is InChI=1S/C21H32N2O3/c1-13-12-18(26-5)15(3)19-16(13)6-7-17(20(19)24)14(2)21(25)23-10-8-22(4)9-11-23/h12,14,17,20,24H,6-11H2,1-5H3. The number of nitrogens with zero attached hydrogens (tertiary/aromatic N) is 2. The van der Waals surface area contributed by atoms with Gasteiger partial charge >= 0.3 is 0 Å². The number of amides is 1. The minimum Gasteiger partial charge on any atom is -0.496 e. The van der Waals surface area contributed by atoms with Crippen molar-refractivity contribution in [2.75, 3.05) is 40.3 Å². The van der Waals surface area contributed by atoms with E-state index in [1.165, 1.54) is 5.56 Å². The predicted molar refractivity (Wildman–Crippen MR) is 102 cm³/mol. The van der Waals surface area contributed by atoms with E-state index in [4.69, 9.17) is 4.74 Å². The van der Waals surface area contributed by atoms with Crippen LogP contribution in [0.25, 0.3) is 0 Å². The summed E-state index contributed by atoms with van der Waals surface area (Å²) in [6.45, 7) is 9.48. The Kier molecular flexibility index (Phi) is 5.58. The van der Waals surface area contributed by atoms with Gasteiger partial charge in [-0.15, -0.1) is 0 Å². The molecule has 1 saturated heterocycles. The Morgan fingerprint density at radius 3 is 2.54 bits per heavy atom. The number of aliphatic hydroxyl groups is 1. The summed E-state index contributed by atoms with van der Waals surface area (Å²) >= 11 is 0. The van der Waals surface area contributed by atoms with Crippen LogP contribution in [0.3, 0.4) is 0 Å². The molecule has 1 aromatic rings. The highest BCUT2D eigenvalue weighted by molar-refractivity contribution is 5.79. The highest BCUT2D eigenvalue weighted by Gasteiger charge is 2.38. The van der Waals surface area contributed by atoms with Crippen molar-refractivity contribution in [1.29, 1.82) is 0 Å². The molecule has 2 aliphatic rings. The summed E-state index contributed by atoms with van der Waals surface area (Å²) in [5.41, 5.74) is 4.38. The first-order chi connectivity index (χ1) is 12.3. The zero-order chi connectivity index (χ0) is 19.0. The van der Waals surface area contributed by atoms with Crippen molar-refractivity contribution < 1.29 is 14.6 Å². The van der Waals surface area contributed by atoms with E-state index in [1.807, 2.05) is 18.7 Å². The van der Waals surface area contributed by atoms with Crippen molar-refractivity contribution in [3.8, 4) is 5.75 Å². The van der Waals surface area contributed by atoms with E-state index in [2.05, 4.69) is 24.9 Å². The summed E-state index contributed by atoms with van der Waals surface area (Å²) in [6.07, 6.45) is 1.15. The molecule has 0 bridgehead atoms. The summed E-state index contributed by atoms with van der Waals surface area (Å²) in [4.78, 5) is 17.2. The first-order valence-corrected chi connectivity index (χ1v) is 9.67. The quantitative estimate of drug-likeness (QED) is 0.899. The molecule has 0 saturated carbocycles. The molecule has 1 fully saturated rings. The van der Waals surface area contributed by atoms with Gasteiger partial charge in [-0.25, -0.2) is 0 Å². The molecule has 144 valence electrons. The molecule has 1 heterocycles. The Labute approximate surface area is 156 Å². The van der Waals surface area contributed by atoms with E-state index in [0.29, 0.717) is 0 Å². The van der Waals surface area contributed by atoms with Crippen molar-refractivity contribution in [3.05, 3.63) is 28.3 Å². The number of aryl methyl sites for hydroxylation is 1. The van der Waals surface area contributed by atoms with E-state index in [0.717, 1.165) is 61.5 Å². The summed E-state index contributed by atoms with van der Waals surface area (Å²) in [5.74, 6) is 0.786. The number of piperazine rings is 1. The van der Waals surface area contributed by atoms with Gasteiger partial charge in [0.1, 0.15) is 5.75 Å². The first kappa shape index (κ1) is 19.2. The van der Waals surface area contributed by atoms with Gasteiger partial charge in [0.2, 0.25) is 5.91 Å².